The predicted octanol–water partition coefficient (Wildman–Crippen LogP) is 6.81. The van der Waals surface area contributed by atoms with Crippen LogP contribution in [-0.4, -0.2) is 40.0 Å². The summed E-state index contributed by atoms with van der Waals surface area (Å²) < 4.78 is 0.790. The van der Waals surface area contributed by atoms with Gasteiger partial charge in [-0.1, -0.05) is 31.9 Å². The Morgan fingerprint density at radius 2 is 2.12 bits per heavy atom. The molecule has 2 aromatic rings. The number of aromatic nitrogens is 2. The van der Waals surface area contributed by atoms with Gasteiger partial charge in [-0.05, 0) is 74.2 Å². The van der Waals surface area contributed by atoms with Gasteiger partial charge in [0.25, 0.3) is 5.91 Å². The number of aryl methyl sites for hydroxylation is 1. The molecule has 4 aliphatic rings. The fourth-order valence-corrected chi connectivity index (χ4v) is 7.96. The van der Waals surface area contributed by atoms with Crippen molar-refractivity contribution in [2.45, 2.75) is 65.2 Å². The zero-order chi connectivity index (χ0) is 22.5. The van der Waals surface area contributed by atoms with E-state index in [0.29, 0.717) is 22.9 Å². The summed E-state index contributed by atoms with van der Waals surface area (Å²) in [7, 11) is 0. The van der Waals surface area contributed by atoms with E-state index in [4.69, 9.17) is 23.2 Å². The van der Waals surface area contributed by atoms with Crippen molar-refractivity contribution in [3.8, 4) is 11.3 Å². The topological polar surface area (TPSA) is 49.0 Å². The van der Waals surface area contributed by atoms with E-state index in [1.54, 1.807) is 11.3 Å². The number of nitrogens with one attached hydrogen (secondary N) is 1. The predicted molar refractivity (Wildman–Crippen MR) is 133 cm³/mol. The molecule has 2 bridgehead atoms. The second-order valence-electron chi connectivity index (χ2n) is 10.5. The Balaban J connectivity index is 1.37. The van der Waals surface area contributed by atoms with Crippen LogP contribution in [0, 0.1) is 23.2 Å². The Bertz CT molecular complexity index is 995. The van der Waals surface area contributed by atoms with Gasteiger partial charge in [-0.3, -0.25) is 9.89 Å². The molecule has 4 nitrogen and oxygen atoms in total. The molecule has 3 saturated carbocycles. The van der Waals surface area contributed by atoms with Crippen LogP contribution in [0.4, 0.5) is 0 Å². The highest BCUT2D eigenvalue weighted by Gasteiger charge is 2.54. The van der Waals surface area contributed by atoms with Crippen molar-refractivity contribution < 1.29 is 4.79 Å². The summed E-state index contributed by atoms with van der Waals surface area (Å²) in [4.78, 5) is 17.2. The molecular formula is C25H33Cl2N3OS. The maximum atomic E-state index is 13.8. The molecule has 2 heterocycles. The van der Waals surface area contributed by atoms with Crippen LogP contribution in [0.15, 0.2) is 6.07 Å². The molecule has 0 aliphatic heterocycles. The monoisotopic (exact) mass is 493 g/mol. The molecular weight excluding hydrogens is 461 g/mol. The molecule has 0 radical (unpaired) electrons. The van der Waals surface area contributed by atoms with E-state index in [0.717, 1.165) is 78.2 Å². The number of rotatable bonds is 8. The maximum Gasteiger partial charge on any atom is 0.272 e. The molecule has 7 heteroatoms. The number of thiophene rings is 1. The highest BCUT2D eigenvalue weighted by Crippen LogP contribution is 2.61. The zero-order valence-corrected chi connectivity index (χ0v) is 21.4. The molecule has 3 atom stereocenters. The van der Waals surface area contributed by atoms with Crippen LogP contribution in [0.3, 0.4) is 0 Å². The maximum absolute atomic E-state index is 13.8. The lowest BCUT2D eigenvalue weighted by Gasteiger charge is -2.60. The summed E-state index contributed by atoms with van der Waals surface area (Å²) in [6.45, 7) is 6.52. The largest absolute Gasteiger partial charge is 0.337 e. The highest BCUT2D eigenvalue weighted by atomic mass is 35.5. The lowest BCUT2D eigenvalue weighted by Crippen LogP contribution is -2.55. The zero-order valence-electron chi connectivity index (χ0n) is 19.1. The Labute approximate surface area is 205 Å². The van der Waals surface area contributed by atoms with E-state index in [1.807, 2.05) is 6.07 Å². The highest BCUT2D eigenvalue weighted by molar-refractivity contribution is 7.16. The summed E-state index contributed by atoms with van der Waals surface area (Å²) >= 11 is 13.8. The van der Waals surface area contributed by atoms with E-state index in [2.05, 4.69) is 28.9 Å². The van der Waals surface area contributed by atoms with Crippen LogP contribution < -0.4 is 0 Å². The smallest absolute Gasteiger partial charge is 0.272 e. The fraction of sp³-hybridized carbons (Fsp3) is 0.680. The van der Waals surface area contributed by atoms with Crippen molar-refractivity contribution >= 4 is 40.4 Å². The molecule has 2 aromatic heterocycles. The first-order valence-corrected chi connectivity index (χ1v) is 13.8. The van der Waals surface area contributed by atoms with Crippen molar-refractivity contribution in [3.05, 3.63) is 26.5 Å². The minimum absolute atomic E-state index is 0.119. The summed E-state index contributed by atoms with van der Waals surface area (Å²) in [5.74, 6) is 3.03. The van der Waals surface area contributed by atoms with E-state index in [-0.39, 0.29) is 5.91 Å². The van der Waals surface area contributed by atoms with Gasteiger partial charge >= 0.3 is 0 Å². The number of H-pyrrole nitrogens is 1. The standard InChI is InChI=1S/C25H33Cl2N3OS/c1-25(2)16-7-6-15(19(25)12-16)14-30(11-5-3-4-10-26)24(31)23-17-8-9-20-18(13-21(27)32-20)22(17)28-29-23/h13,15-16,19H,3-12,14H2,1-2H3,(H,28,29). The number of carbonyl (C=O) groups is 1. The molecule has 3 unspecified atom stereocenters. The first-order valence-electron chi connectivity index (χ1n) is 12.1. The van der Waals surface area contributed by atoms with Gasteiger partial charge in [0, 0.05) is 35.0 Å². The number of halogens is 2. The van der Waals surface area contributed by atoms with Gasteiger partial charge < -0.3 is 4.90 Å². The van der Waals surface area contributed by atoms with Crippen LogP contribution in [-0.2, 0) is 12.8 Å². The van der Waals surface area contributed by atoms with Gasteiger partial charge in [-0.15, -0.1) is 22.9 Å². The molecule has 0 saturated heterocycles. The number of hydrogen-bond acceptors (Lipinski definition) is 3. The fourth-order valence-electron chi connectivity index (χ4n) is 6.50. The summed E-state index contributed by atoms with van der Waals surface area (Å²) in [6.07, 6.45) is 8.74. The van der Waals surface area contributed by atoms with Gasteiger partial charge in [-0.25, -0.2) is 0 Å². The third-order valence-corrected chi connectivity index (χ3v) is 10.1. The Morgan fingerprint density at radius 1 is 1.28 bits per heavy atom. The summed E-state index contributed by atoms with van der Waals surface area (Å²) in [5, 5.41) is 7.70. The van der Waals surface area contributed by atoms with Crippen molar-refractivity contribution in [2.24, 2.45) is 23.2 Å². The minimum atomic E-state index is 0.119. The second-order valence-corrected chi connectivity index (χ2v) is 12.7. The van der Waals surface area contributed by atoms with Crippen molar-refractivity contribution in [2.75, 3.05) is 19.0 Å². The van der Waals surface area contributed by atoms with Crippen LogP contribution in [0.5, 0.6) is 0 Å². The molecule has 6 rings (SSSR count). The molecule has 1 amide bonds. The second kappa shape index (κ2) is 8.96. The van der Waals surface area contributed by atoms with Crippen LogP contribution in [0.1, 0.15) is 73.3 Å². The molecule has 0 spiro atoms. The Kier molecular flexibility index (Phi) is 6.37. The summed E-state index contributed by atoms with van der Waals surface area (Å²) in [5.41, 5.74) is 4.19. The quantitative estimate of drug-likeness (QED) is 0.324. The first kappa shape index (κ1) is 22.7. The minimum Gasteiger partial charge on any atom is -0.337 e. The van der Waals surface area contributed by atoms with Crippen LogP contribution in [0.2, 0.25) is 4.34 Å². The van der Waals surface area contributed by atoms with E-state index < -0.39 is 0 Å². The number of aromatic amines is 1. The van der Waals surface area contributed by atoms with E-state index >= 15 is 0 Å². The number of fused-ring (bicyclic) bond motifs is 5. The van der Waals surface area contributed by atoms with Crippen molar-refractivity contribution in [1.82, 2.24) is 15.1 Å². The normalized spacial score (nSPS) is 25.1. The molecule has 32 heavy (non-hydrogen) atoms. The number of alkyl halides is 1. The number of hydrogen-bond donors (Lipinski definition) is 1. The lowest BCUT2D eigenvalue weighted by atomic mass is 9.45. The van der Waals surface area contributed by atoms with Gasteiger partial charge in [-0.2, -0.15) is 5.10 Å². The average Bonchev–Trinajstić information content (AvgIpc) is 3.37. The average molecular weight is 495 g/mol. The summed E-state index contributed by atoms with van der Waals surface area (Å²) in [6, 6.07) is 2.00. The SMILES string of the molecule is CC1(C)C2CCC(CN(CCCCCCl)C(=O)c3[nH]nc4c3CCc3sc(Cl)cc3-4)C1C2. The van der Waals surface area contributed by atoms with E-state index in [9.17, 15) is 4.79 Å². The molecule has 1 N–H and O–H groups in total. The van der Waals surface area contributed by atoms with Crippen molar-refractivity contribution in [1.29, 1.82) is 0 Å². The number of amides is 1. The van der Waals surface area contributed by atoms with Gasteiger partial charge in [0.1, 0.15) is 5.69 Å². The van der Waals surface area contributed by atoms with Crippen LogP contribution in [0.25, 0.3) is 11.3 Å². The van der Waals surface area contributed by atoms with Crippen LogP contribution >= 0.6 is 34.5 Å². The van der Waals surface area contributed by atoms with Crippen molar-refractivity contribution in [3.63, 3.8) is 0 Å². The molecule has 4 aliphatic carbocycles. The number of unbranched alkanes of at least 4 members (excludes halogenated alkanes) is 2. The Hall–Kier alpha value is -1.04. The van der Waals surface area contributed by atoms with Gasteiger partial charge in [0.2, 0.25) is 0 Å². The molecule has 3 fully saturated rings. The Morgan fingerprint density at radius 3 is 2.88 bits per heavy atom. The van der Waals surface area contributed by atoms with Gasteiger partial charge in [0.05, 0.1) is 10.0 Å². The lowest BCUT2D eigenvalue weighted by molar-refractivity contribution is -0.109. The third kappa shape index (κ3) is 3.92. The third-order valence-electron chi connectivity index (χ3n) is 8.52. The first-order chi connectivity index (χ1) is 15.4. The number of carbonyl (C=O) groups excluding carboxylic acids is 1. The molecule has 174 valence electrons. The molecule has 0 aromatic carbocycles. The van der Waals surface area contributed by atoms with Gasteiger partial charge in [0.15, 0.2) is 0 Å². The van der Waals surface area contributed by atoms with E-state index in [1.165, 1.54) is 24.1 Å². The number of nitrogens with zero attached hydrogens (tertiary/aromatic N) is 2.